The fourth-order valence-electron chi connectivity index (χ4n) is 1.71. The van der Waals surface area contributed by atoms with Crippen molar-refractivity contribution in [2.75, 3.05) is 20.3 Å². The van der Waals surface area contributed by atoms with Crippen LogP contribution in [0.25, 0.3) is 0 Å². The summed E-state index contributed by atoms with van der Waals surface area (Å²) in [5, 5.41) is 3.36. The predicted octanol–water partition coefficient (Wildman–Crippen LogP) is 0.747. The zero-order chi connectivity index (χ0) is 12.1. The first-order chi connectivity index (χ1) is 8.29. The van der Waals surface area contributed by atoms with Gasteiger partial charge in [0.2, 0.25) is 0 Å². The Balaban J connectivity index is 1.87. The number of ether oxygens (including phenoxy) is 2. The molecule has 1 N–H and O–H groups in total. The average molecular weight is 236 g/mol. The van der Waals surface area contributed by atoms with Crippen LogP contribution in [0.4, 0.5) is 0 Å². The Morgan fingerprint density at radius 1 is 1.65 bits per heavy atom. The van der Waals surface area contributed by atoms with E-state index < -0.39 is 0 Å². The molecule has 0 aliphatic carbocycles. The van der Waals surface area contributed by atoms with Crippen molar-refractivity contribution in [2.45, 2.75) is 19.0 Å². The first-order valence-corrected chi connectivity index (χ1v) is 5.64. The van der Waals surface area contributed by atoms with E-state index in [2.05, 4.69) is 15.0 Å². The summed E-state index contributed by atoms with van der Waals surface area (Å²) in [5.41, 5.74) is 1.38. The van der Waals surface area contributed by atoms with Crippen LogP contribution in [0.3, 0.4) is 0 Å². The van der Waals surface area contributed by atoms with Crippen LogP contribution in [0.5, 0.6) is 0 Å². The monoisotopic (exact) mass is 236 g/mol. The zero-order valence-electron chi connectivity index (χ0n) is 9.81. The number of nitrogens with zero attached hydrogens (tertiary/aromatic N) is 1. The molecule has 5 nitrogen and oxygen atoms in total. The minimum absolute atomic E-state index is 0.360. The lowest BCUT2D eigenvalue weighted by Crippen LogP contribution is -2.28. The maximum absolute atomic E-state index is 11.2. The van der Waals surface area contributed by atoms with Gasteiger partial charge in [-0.3, -0.25) is 4.98 Å². The van der Waals surface area contributed by atoms with Crippen molar-refractivity contribution in [3.8, 4) is 0 Å². The number of carbonyl (C=O) groups excluding carboxylic acids is 1. The molecule has 1 aromatic heterocycles. The van der Waals surface area contributed by atoms with Crippen molar-refractivity contribution in [1.29, 1.82) is 0 Å². The van der Waals surface area contributed by atoms with E-state index in [1.54, 1.807) is 6.07 Å². The summed E-state index contributed by atoms with van der Waals surface area (Å²) in [4.78, 5) is 15.4. The van der Waals surface area contributed by atoms with E-state index in [1.807, 2.05) is 6.07 Å². The Hall–Kier alpha value is -1.46. The van der Waals surface area contributed by atoms with Crippen molar-refractivity contribution < 1.29 is 14.3 Å². The van der Waals surface area contributed by atoms with Crippen LogP contribution >= 0.6 is 0 Å². The number of hydrogen-bond donors (Lipinski definition) is 1. The van der Waals surface area contributed by atoms with Crippen LogP contribution in [0.1, 0.15) is 22.5 Å². The molecule has 1 unspecified atom stereocenters. The Kier molecular flexibility index (Phi) is 4.06. The highest BCUT2D eigenvalue weighted by molar-refractivity contribution is 5.88. The summed E-state index contributed by atoms with van der Waals surface area (Å²) in [6.45, 7) is 2.28. The molecule has 0 amide bonds. The third-order valence-corrected chi connectivity index (χ3v) is 2.75. The molecule has 1 atom stereocenters. The van der Waals surface area contributed by atoms with Crippen molar-refractivity contribution in [1.82, 2.24) is 10.3 Å². The summed E-state index contributed by atoms with van der Waals surface area (Å²) in [7, 11) is 1.36. The summed E-state index contributed by atoms with van der Waals surface area (Å²) in [5.74, 6) is -0.360. The number of nitrogens with one attached hydrogen (secondary N) is 1. The molecule has 1 aliphatic heterocycles. The smallest absolute Gasteiger partial charge is 0.339 e. The van der Waals surface area contributed by atoms with Gasteiger partial charge in [0.25, 0.3) is 0 Å². The van der Waals surface area contributed by atoms with Gasteiger partial charge in [0.05, 0.1) is 25.0 Å². The molecule has 2 rings (SSSR count). The normalized spacial score (nSPS) is 19.2. The molecular formula is C12H16N2O3. The molecule has 0 aromatic carbocycles. The average Bonchev–Trinajstić information content (AvgIpc) is 2.89. The summed E-state index contributed by atoms with van der Waals surface area (Å²) < 4.78 is 9.87. The topological polar surface area (TPSA) is 60.5 Å². The molecule has 1 aliphatic rings. The maximum Gasteiger partial charge on any atom is 0.339 e. The highest BCUT2D eigenvalue weighted by atomic mass is 16.5. The van der Waals surface area contributed by atoms with Gasteiger partial charge in [0.1, 0.15) is 0 Å². The van der Waals surface area contributed by atoms with Crippen LogP contribution in [-0.4, -0.2) is 37.3 Å². The minimum Gasteiger partial charge on any atom is -0.465 e. The molecule has 1 aromatic rings. The van der Waals surface area contributed by atoms with E-state index in [1.165, 1.54) is 13.3 Å². The van der Waals surface area contributed by atoms with E-state index in [-0.39, 0.29) is 5.97 Å². The van der Waals surface area contributed by atoms with Gasteiger partial charge in [0.15, 0.2) is 0 Å². The molecule has 1 fully saturated rings. The summed E-state index contributed by atoms with van der Waals surface area (Å²) in [6, 6.07) is 3.97. The number of methoxy groups -OCH3 is 1. The molecule has 92 valence electrons. The van der Waals surface area contributed by atoms with Crippen LogP contribution in [0.15, 0.2) is 18.3 Å². The summed E-state index contributed by atoms with van der Waals surface area (Å²) >= 11 is 0. The van der Waals surface area contributed by atoms with Gasteiger partial charge in [-0.1, -0.05) is 0 Å². The van der Waals surface area contributed by atoms with Crippen molar-refractivity contribution in [3.63, 3.8) is 0 Å². The van der Waals surface area contributed by atoms with Crippen LogP contribution in [0.2, 0.25) is 0 Å². The van der Waals surface area contributed by atoms with E-state index >= 15 is 0 Å². The van der Waals surface area contributed by atoms with Gasteiger partial charge < -0.3 is 14.8 Å². The van der Waals surface area contributed by atoms with Gasteiger partial charge in [0, 0.05) is 25.4 Å². The first-order valence-electron chi connectivity index (χ1n) is 5.64. The molecule has 1 saturated heterocycles. The van der Waals surface area contributed by atoms with Gasteiger partial charge in [-0.25, -0.2) is 4.79 Å². The number of pyridine rings is 1. The second-order valence-electron chi connectivity index (χ2n) is 3.97. The fraction of sp³-hybridized carbons (Fsp3) is 0.500. The zero-order valence-corrected chi connectivity index (χ0v) is 9.81. The maximum atomic E-state index is 11.2. The second kappa shape index (κ2) is 5.75. The Bertz CT molecular complexity index is 372. The minimum atomic E-state index is -0.360. The molecule has 5 heteroatoms. The van der Waals surface area contributed by atoms with Crippen LogP contribution < -0.4 is 5.32 Å². The van der Waals surface area contributed by atoms with Gasteiger partial charge >= 0.3 is 5.97 Å². The lowest BCUT2D eigenvalue weighted by atomic mass is 10.2. The second-order valence-corrected chi connectivity index (χ2v) is 3.97. The molecule has 2 heterocycles. The molecule has 0 radical (unpaired) electrons. The van der Waals surface area contributed by atoms with Crippen molar-refractivity contribution in [2.24, 2.45) is 0 Å². The Labute approximate surface area is 100 Å². The molecule has 17 heavy (non-hydrogen) atoms. The Morgan fingerprint density at radius 3 is 3.12 bits per heavy atom. The predicted molar refractivity (Wildman–Crippen MR) is 61.6 cm³/mol. The number of esters is 1. The quantitative estimate of drug-likeness (QED) is 0.782. The van der Waals surface area contributed by atoms with Crippen molar-refractivity contribution in [3.05, 3.63) is 29.6 Å². The van der Waals surface area contributed by atoms with E-state index in [9.17, 15) is 4.79 Å². The molecule has 0 saturated carbocycles. The number of rotatable bonds is 4. The molecular weight excluding hydrogens is 220 g/mol. The Morgan fingerprint density at radius 2 is 2.53 bits per heavy atom. The third-order valence-electron chi connectivity index (χ3n) is 2.75. The number of hydrogen-bond acceptors (Lipinski definition) is 5. The lowest BCUT2D eigenvalue weighted by Gasteiger charge is -2.09. The SMILES string of the molecule is COC(=O)c1ccc(CNC2CCOC2)nc1. The standard InChI is InChI=1S/C12H16N2O3/c1-16-12(15)9-2-3-10(13-6-9)7-14-11-4-5-17-8-11/h2-3,6,11,14H,4-5,7-8H2,1H3. The largest absolute Gasteiger partial charge is 0.465 e. The van der Waals surface area contributed by atoms with E-state index in [0.717, 1.165) is 25.3 Å². The molecule has 0 bridgehead atoms. The highest BCUT2D eigenvalue weighted by Crippen LogP contribution is 2.06. The highest BCUT2D eigenvalue weighted by Gasteiger charge is 2.14. The fourth-order valence-corrected chi connectivity index (χ4v) is 1.71. The summed E-state index contributed by atoms with van der Waals surface area (Å²) in [6.07, 6.45) is 2.58. The number of carbonyl (C=O) groups is 1. The lowest BCUT2D eigenvalue weighted by molar-refractivity contribution is 0.0600. The molecule has 0 spiro atoms. The van der Waals surface area contributed by atoms with Crippen LogP contribution in [0, 0.1) is 0 Å². The first kappa shape index (κ1) is 12.0. The van der Waals surface area contributed by atoms with Crippen molar-refractivity contribution >= 4 is 5.97 Å². The van der Waals surface area contributed by atoms with Gasteiger partial charge in [-0.15, -0.1) is 0 Å². The third kappa shape index (κ3) is 3.25. The van der Waals surface area contributed by atoms with Crippen LogP contribution in [-0.2, 0) is 16.0 Å². The van der Waals surface area contributed by atoms with E-state index in [0.29, 0.717) is 18.2 Å². The number of aromatic nitrogens is 1. The van der Waals surface area contributed by atoms with E-state index in [4.69, 9.17) is 4.74 Å². The van der Waals surface area contributed by atoms with Gasteiger partial charge in [-0.05, 0) is 18.6 Å². The van der Waals surface area contributed by atoms with Gasteiger partial charge in [-0.2, -0.15) is 0 Å².